The van der Waals surface area contributed by atoms with E-state index in [-0.39, 0.29) is 11.8 Å². The van der Waals surface area contributed by atoms with E-state index in [0.29, 0.717) is 44.2 Å². The molecule has 0 saturated carbocycles. The van der Waals surface area contributed by atoms with Crippen LogP contribution in [0.5, 0.6) is 0 Å². The first-order valence-corrected chi connectivity index (χ1v) is 7.38. The maximum Gasteiger partial charge on any atom is 0.298 e. The summed E-state index contributed by atoms with van der Waals surface area (Å²) in [6, 6.07) is -0.418. The van der Waals surface area contributed by atoms with Crippen LogP contribution in [0.3, 0.4) is 0 Å². The standard InChI is InChI=1S/C15H20N4O3/c1-4-7-14(21)18-8-6-9-19(13(20)5-2)12(10-18)15-16-11(3)17-22-15/h12H,5-6,8-10H2,1-3H3. The molecular formula is C15H20N4O3. The van der Waals surface area contributed by atoms with Gasteiger partial charge in [-0.1, -0.05) is 18.0 Å². The van der Waals surface area contributed by atoms with Gasteiger partial charge < -0.3 is 14.3 Å². The minimum atomic E-state index is -0.418. The van der Waals surface area contributed by atoms with Gasteiger partial charge in [-0.2, -0.15) is 4.98 Å². The van der Waals surface area contributed by atoms with E-state index in [4.69, 9.17) is 4.52 Å². The lowest BCUT2D eigenvalue weighted by Crippen LogP contribution is -2.39. The van der Waals surface area contributed by atoms with E-state index >= 15 is 0 Å². The summed E-state index contributed by atoms with van der Waals surface area (Å²) in [5, 5.41) is 3.79. The molecule has 118 valence electrons. The second-order valence-electron chi connectivity index (χ2n) is 5.12. The molecule has 1 aliphatic heterocycles. The number of aryl methyl sites for hydroxylation is 1. The molecule has 1 atom stereocenters. The minimum Gasteiger partial charge on any atom is -0.337 e. The molecule has 0 aliphatic carbocycles. The summed E-state index contributed by atoms with van der Waals surface area (Å²) in [7, 11) is 0. The van der Waals surface area contributed by atoms with Crippen LogP contribution >= 0.6 is 0 Å². The van der Waals surface area contributed by atoms with Gasteiger partial charge in [-0.25, -0.2) is 0 Å². The first-order valence-electron chi connectivity index (χ1n) is 7.38. The first kappa shape index (κ1) is 16.0. The van der Waals surface area contributed by atoms with Gasteiger partial charge >= 0.3 is 0 Å². The van der Waals surface area contributed by atoms with E-state index in [0.717, 1.165) is 0 Å². The van der Waals surface area contributed by atoms with Crippen LogP contribution in [0.2, 0.25) is 0 Å². The van der Waals surface area contributed by atoms with Gasteiger partial charge in [0, 0.05) is 19.5 Å². The zero-order valence-electron chi connectivity index (χ0n) is 13.1. The molecule has 7 nitrogen and oxygen atoms in total. The summed E-state index contributed by atoms with van der Waals surface area (Å²) in [4.78, 5) is 31.9. The van der Waals surface area contributed by atoms with E-state index in [1.54, 1.807) is 23.6 Å². The smallest absolute Gasteiger partial charge is 0.298 e. The third-order valence-corrected chi connectivity index (χ3v) is 3.57. The van der Waals surface area contributed by atoms with Gasteiger partial charge in [-0.15, -0.1) is 0 Å². The van der Waals surface area contributed by atoms with Crippen molar-refractivity contribution in [2.24, 2.45) is 0 Å². The Hall–Kier alpha value is -2.36. The summed E-state index contributed by atoms with van der Waals surface area (Å²) < 4.78 is 5.24. The van der Waals surface area contributed by atoms with Gasteiger partial charge in [-0.05, 0) is 26.2 Å². The van der Waals surface area contributed by atoms with E-state index in [1.807, 2.05) is 6.92 Å². The Morgan fingerprint density at radius 3 is 2.77 bits per heavy atom. The Kier molecular flexibility index (Phi) is 5.15. The maximum absolute atomic E-state index is 12.2. The van der Waals surface area contributed by atoms with Crippen molar-refractivity contribution in [3.05, 3.63) is 11.7 Å². The van der Waals surface area contributed by atoms with Crippen molar-refractivity contribution in [3.8, 4) is 11.8 Å². The van der Waals surface area contributed by atoms with Crippen LogP contribution in [-0.4, -0.2) is 51.4 Å². The average molecular weight is 304 g/mol. The van der Waals surface area contributed by atoms with Gasteiger partial charge in [-0.3, -0.25) is 9.59 Å². The molecule has 0 N–H and O–H groups in total. The van der Waals surface area contributed by atoms with E-state index in [9.17, 15) is 9.59 Å². The fraction of sp³-hybridized carbons (Fsp3) is 0.600. The molecule has 1 aliphatic rings. The summed E-state index contributed by atoms with van der Waals surface area (Å²) in [5.74, 6) is 5.80. The number of rotatable bonds is 2. The molecule has 1 saturated heterocycles. The second kappa shape index (κ2) is 7.07. The van der Waals surface area contributed by atoms with Crippen LogP contribution in [0.15, 0.2) is 4.52 Å². The second-order valence-corrected chi connectivity index (χ2v) is 5.12. The number of carbonyl (C=O) groups excluding carboxylic acids is 2. The number of hydrogen-bond acceptors (Lipinski definition) is 5. The van der Waals surface area contributed by atoms with Crippen LogP contribution in [0, 0.1) is 18.8 Å². The van der Waals surface area contributed by atoms with Gasteiger partial charge in [0.2, 0.25) is 5.91 Å². The molecule has 0 spiro atoms. The molecule has 2 heterocycles. The van der Waals surface area contributed by atoms with Crippen molar-refractivity contribution in [3.63, 3.8) is 0 Å². The Labute approximate surface area is 129 Å². The lowest BCUT2D eigenvalue weighted by atomic mass is 10.2. The number of nitrogens with zero attached hydrogens (tertiary/aromatic N) is 4. The number of hydrogen-bond donors (Lipinski definition) is 0. The highest BCUT2D eigenvalue weighted by molar-refractivity contribution is 5.93. The molecule has 0 aromatic carbocycles. The van der Waals surface area contributed by atoms with Gasteiger partial charge in [0.15, 0.2) is 5.82 Å². The zero-order chi connectivity index (χ0) is 16.1. The van der Waals surface area contributed by atoms with Crippen LogP contribution in [-0.2, 0) is 9.59 Å². The van der Waals surface area contributed by atoms with Crippen LogP contribution in [0.4, 0.5) is 0 Å². The molecule has 22 heavy (non-hydrogen) atoms. The van der Waals surface area contributed by atoms with Crippen LogP contribution in [0.25, 0.3) is 0 Å². The van der Waals surface area contributed by atoms with Crippen molar-refractivity contribution in [1.29, 1.82) is 0 Å². The molecule has 1 aromatic heterocycles. The number of carbonyl (C=O) groups is 2. The van der Waals surface area contributed by atoms with Crippen molar-refractivity contribution < 1.29 is 14.1 Å². The van der Waals surface area contributed by atoms with Crippen LogP contribution in [0.1, 0.15) is 44.4 Å². The molecular weight excluding hydrogens is 284 g/mol. The molecule has 1 unspecified atom stereocenters. The summed E-state index contributed by atoms with van der Waals surface area (Å²) in [6.07, 6.45) is 1.10. The predicted octanol–water partition coefficient (Wildman–Crippen LogP) is 0.913. The Morgan fingerprint density at radius 1 is 1.41 bits per heavy atom. The van der Waals surface area contributed by atoms with Gasteiger partial charge in [0.05, 0.1) is 6.54 Å². The van der Waals surface area contributed by atoms with Crippen LogP contribution < -0.4 is 0 Å². The minimum absolute atomic E-state index is 0.0109. The van der Waals surface area contributed by atoms with E-state index < -0.39 is 6.04 Å². The first-order chi connectivity index (χ1) is 10.6. The fourth-order valence-electron chi connectivity index (χ4n) is 2.52. The molecule has 1 aromatic rings. The van der Waals surface area contributed by atoms with E-state index in [1.165, 1.54) is 0 Å². The molecule has 0 radical (unpaired) electrons. The Bertz CT molecular complexity index is 614. The lowest BCUT2D eigenvalue weighted by Gasteiger charge is -2.28. The largest absolute Gasteiger partial charge is 0.337 e. The highest BCUT2D eigenvalue weighted by Gasteiger charge is 2.34. The SMILES string of the molecule is CC#CC(=O)N1CCCN(C(=O)CC)C(c2nc(C)no2)C1. The normalized spacial score (nSPS) is 18.4. The Balaban J connectivity index is 2.31. The summed E-state index contributed by atoms with van der Waals surface area (Å²) in [6.45, 7) is 6.60. The molecule has 2 amide bonds. The molecule has 2 rings (SSSR count). The third kappa shape index (κ3) is 3.45. The number of aromatic nitrogens is 2. The highest BCUT2D eigenvalue weighted by atomic mass is 16.5. The van der Waals surface area contributed by atoms with Crippen molar-refractivity contribution >= 4 is 11.8 Å². The monoisotopic (exact) mass is 304 g/mol. The quantitative estimate of drug-likeness (QED) is 0.759. The topological polar surface area (TPSA) is 79.5 Å². The molecule has 7 heteroatoms. The fourth-order valence-corrected chi connectivity index (χ4v) is 2.52. The Morgan fingerprint density at radius 2 is 2.18 bits per heavy atom. The summed E-state index contributed by atoms with van der Waals surface area (Å²) in [5.41, 5.74) is 0. The summed E-state index contributed by atoms with van der Waals surface area (Å²) >= 11 is 0. The highest BCUT2D eigenvalue weighted by Crippen LogP contribution is 2.24. The number of amides is 2. The van der Waals surface area contributed by atoms with Gasteiger partial charge in [0.1, 0.15) is 6.04 Å². The molecule has 0 bridgehead atoms. The zero-order valence-corrected chi connectivity index (χ0v) is 13.1. The van der Waals surface area contributed by atoms with Crippen molar-refractivity contribution in [2.75, 3.05) is 19.6 Å². The predicted molar refractivity (Wildman–Crippen MR) is 78.4 cm³/mol. The lowest BCUT2D eigenvalue weighted by molar-refractivity contribution is -0.135. The molecule has 1 fully saturated rings. The van der Waals surface area contributed by atoms with Gasteiger partial charge in [0.25, 0.3) is 11.8 Å². The van der Waals surface area contributed by atoms with E-state index in [2.05, 4.69) is 22.0 Å². The average Bonchev–Trinajstić information content (AvgIpc) is 2.81. The van der Waals surface area contributed by atoms with Crippen molar-refractivity contribution in [2.45, 2.75) is 39.7 Å². The van der Waals surface area contributed by atoms with Crippen molar-refractivity contribution in [1.82, 2.24) is 19.9 Å². The third-order valence-electron chi connectivity index (χ3n) is 3.57. The maximum atomic E-state index is 12.2.